The van der Waals surface area contributed by atoms with E-state index in [1.54, 1.807) is 30.3 Å². The first-order valence-electron chi connectivity index (χ1n) is 7.65. The Bertz CT molecular complexity index is 778. The van der Waals surface area contributed by atoms with Crippen LogP contribution in [0.2, 0.25) is 0 Å². The lowest BCUT2D eigenvalue weighted by Crippen LogP contribution is -2.47. The van der Waals surface area contributed by atoms with Gasteiger partial charge in [0.05, 0.1) is 18.7 Å². The highest BCUT2D eigenvalue weighted by molar-refractivity contribution is 5.70. The van der Waals surface area contributed by atoms with E-state index in [0.29, 0.717) is 6.07 Å². The van der Waals surface area contributed by atoms with Gasteiger partial charge in [0.1, 0.15) is 17.4 Å². The third-order valence-electron chi connectivity index (χ3n) is 3.43. The maximum absolute atomic E-state index is 13.4. The SMILES string of the molecule is [N-]=[N+]=NC[C@@H](O)[C@H](Cc1cc(F)cc(F)c1)NC(=O)Oc1ccccc1. The molecule has 2 atom stereocenters. The number of carbonyl (C=O) groups is 1. The fourth-order valence-corrected chi connectivity index (χ4v) is 2.29. The van der Waals surface area contributed by atoms with Crippen LogP contribution in [-0.2, 0) is 6.42 Å². The molecule has 0 radical (unpaired) electrons. The molecule has 0 saturated heterocycles. The standard InChI is InChI=1S/C17H16F2N4O3/c18-12-6-11(7-13(19)9-12)8-15(16(24)10-21-23-20)22-17(25)26-14-4-2-1-3-5-14/h1-7,9,15-16,24H,8,10H2,(H,22,25)/t15-,16+/m0/s1. The average molecular weight is 362 g/mol. The van der Waals surface area contributed by atoms with Gasteiger partial charge in [-0.3, -0.25) is 0 Å². The lowest BCUT2D eigenvalue weighted by atomic mass is 10.0. The van der Waals surface area contributed by atoms with Crippen LogP contribution in [0, 0.1) is 11.6 Å². The summed E-state index contributed by atoms with van der Waals surface area (Å²) in [6.07, 6.45) is -2.24. The minimum atomic E-state index is -1.28. The van der Waals surface area contributed by atoms with Gasteiger partial charge in [0.15, 0.2) is 0 Å². The Balaban J connectivity index is 2.11. The fourth-order valence-electron chi connectivity index (χ4n) is 2.29. The van der Waals surface area contributed by atoms with Crippen molar-refractivity contribution in [3.05, 3.63) is 76.2 Å². The van der Waals surface area contributed by atoms with E-state index in [2.05, 4.69) is 15.3 Å². The summed E-state index contributed by atoms with van der Waals surface area (Å²) in [5.41, 5.74) is 8.59. The minimum absolute atomic E-state index is 0.0965. The molecule has 0 fully saturated rings. The fraction of sp³-hybridized carbons (Fsp3) is 0.235. The first kappa shape index (κ1) is 19.2. The number of hydrogen-bond donors (Lipinski definition) is 2. The van der Waals surface area contributed by atoms with E-state index in [0.717, 1.165) is 12.1 Å². The molecular weight excluding hydrogens is 346 g/mol. The number of hydrogen-bond acceptors (Lipinski definition) is 4. The molecule has 0 unspecified atom stereocenters. The summed E-state index contributed by atoms with van der Waals surface area (Å²) in [6, 6.07) is 10.1. The number of carbonyl (C=O) groups excluding carboxylic acids is 1. The number of amides is 1. The number of ether oxygens (including phenoxy) is 1. The van der Waals surface area contributed by atoms with Gasteiger partial charge in [0.2, 0.25) is 0 Å². The number of aliphatic hydroxyl groups excluding tert-OH is 1. The van der Waals surface area contributed by atoms with E-state index in [-0.39, 0.29) is 24.3 Å². The van der Waals surface area contributed by atoms with Crippen LogP contribution in [0.25, 0.3) is 10.4 Å². The number of para-hydroxylation sites is 1. The first-order valence-corrected chi connectivity index (χ1v) is 7.65. The zero-order valence-electron chi connectivity index (χ0n) is 13.5. The molecule has 7 nitrogen and oxygen atoms in total. The van der Waals surface area contributed by atoms with Crippen LogP contribution in [0.4, 0.5) is 13.6 Å². The Morgan fingerprint density at radius 2 is 1.88 bits per heavy atom. The van der Waals surface area contributed by atoms with E-state index in [1.807, 2.05) is 0 Å². The number of nitrogens with one attached hydrogen (secondary N) is 1. The summed E-state index contributed by atoms with van der Waals surface area (Å²) < 4.78 is 31.8. The molecule has 0 aliphatic rings. The minimum Gasteiger partial charge on any atom is -0.410 e. The molecule has 0 aliphatic heterocycles. The monoisotopic (exact) mass is 362 g/mol. The molecule has 0 bridgehead atoms. The molecule has 0 aliphatic carbocycles. The van der Waals surface area contributed by atoms with Crippen molar-refractivity contribution < 1.29 is 23.4 Å². The molecule has 2 aromatic carbocycles. The van der Waals surface area contributed by atoms with Crippen molar-refractivity contribution in [1.82, 2.24) is 5.32 Å². The highest BCUT2D eigenvalue weighted by Gasteiger charge is 2.23. The lowest BCUT2D eigenvalue weighted by molar-refractivity contribution is 0.127. The van der Waals surface area contributed by atoms with Gasteiger partial charge in [-0.2, -0.15) is 0 Å². The maximum Gasteiger partial charge on any atom is 0.412 e. The zero-order valence-corrected chi connectivity index (χ0v) is 13.5. The molecule has 9 heteroatoms. The second kappa shape index (κ2) is 9.36. The van der Waals surface area contributed by atoms with Gasteiger partial charge in [-0.1, -0.05) is 23.3 Å². The molecule has 26 heavy (non-hydrogen) atoms. The molecule has 1 amide bonds. The molecule has 136 valence electrons. The summed E-state index contributed by atoms with van der Waals surface area (Å²) in [6.45, 7) is -0.329. The van der Waals surface area contributed by atoms with Gasteiger partial charge in [-0.25, -0.2) is 13.6 Å². The Hall–Kier alpha value is -3.16. The second-order valence-electron chi connectivity index (χ2n) is 5.42. The molecule has 2 aromatic rings. The zero-order chi connectivity index (χ0) is 18.9. The lowest BCUT2D eigenvalue weighted by Gasteiger charge is -2.23. The van der Waals surface area contributed by atoms with E-state index in [1.165, 1.54) is 0 Å². The van der Waals surface area contributed by atoms with E-state index in [4.69, 9.17) is 10.3 Å². The first-order chi connectivity index (χ1) is 12.5. The topological polar surface area (TPSA) is 107 Å². The van der Waals surface area contributed by atoms with Crippen molar-refractivity contribution in [2.24, 2.45) is 5.11 Å². The number of azide groups is 1. The van der Waals surface area contributed by atoms with Gasteiger partial charge in [0.25, 0.3) is 0 Å². The molecular formula is C17H16F2N4O3. The van der Waals surface area contributed by atoms with Gasteiger partial charge in [-0.05, 0) is 41.8 Å². The Morgan fingerprint density at radius 1 is 1.23 bits per heavy atom. The highest BCUT2D eigenvalue weighted by Crippen LogP contribution is 2.13. The smallest absolute Gasteiger partial charge is 0.410 e. The second-order valence-corrected chi connectivity index (χ2v) is 5.42. The van der Waals surface area contributed by atoms with Crippen LogP contribution in [0.3, 0.4) is 0 Å². The van der Waals surface area contributed by atoms with Crippen LogP contribution in [0.1, 0.15) is 5.56 Å². The quantitative estimate of drug-likeness (QED) is 0.448. The summed E-state index contributed by atoms with van der Waals surface area (Å²) in [5.74, 6) is -1.28. The highest BCUT2D eigenvalue weighted by atomic mass is 19.1. The Labute approximate surface area is 147 Å². The van der Waals surface area contributed by atoms with Gasteiger partial charge < -0.3 is 15.2 Å². The summed E-state index contributed by atoms with van der Waals surface area (Å²) in [5, 5.41) is 15.8. The maximum atomic E-state index is 13.4. The Morgan fingerprint density at radius 3 is 2.50 bits per heavy atom. The van der Waals surface area contributed by atoms with E-state index in [9.17, 15) is 18.7 Å². The van der Waals surface area contributed by atoms with E-state index >= 15 is 0 Å². The largest absolute Gasteiger partial charge is 0.412 e. The molecule has 0 aromatic heterocycles. The predicted octanol–water partition coefficient (Wildman–Crippen LogP) is 3.34. The number of rotatable bonds is 7. The number of benzene rings is 2. The van der Waals surface area contributed by atoms with Gasteiger partial charge >= 0.3 is 6.09 Å². The van der Waals surface area contributed by atoms with Crippen molar-refractivity contribution in [1.29, 1.82) is 0 Å². The van der Waals surface area contributed by atoms with Crippen LogP contribution in [0.15, 0.2) is 53.6 Å². The van der Waals surface area contributed by atoms with Crippen LogP contribution >= 0.6 is 0 Å². The Kier molecular flexibility index (Phi) is 6.90. The van der Waals surface area contributed by atoms with Crippen molar-refractivity contribution in [2.75, 3.05) is 6.54 Å². The number of halogens is 2. The molecule has 2 rings (SSSR count). The third kappa shape index (κ3) is 6.04. The molecule has 2 N–H and O–H groups in total. The number of nitrogens with zero attached hydrogens (tertiary/aromatic N) is 3. The van der Waals surface area contributed by atoms with Crippen molar-refractivity contribution in [3.8, 4) is 5.75 Å². The van der Waals surface area contributed by atoms with Crippen molar-refractivity contribution in [3.63, 3.8) is 0 Å². The van der Waals surface area contributed by atoms with E-state index < -0.39 is 29.9 Å². The van der Waals surface area contributed by atoms with Crippen LogP contribution in [-0.4, -0.2) is 29.9 Å². The molecule has 0 saturated carbocycles. The molecule has 0 spiro atoms. The van der Waals surface area contributed by atoms with Crippen molar-refractivity contribution >= 4 is 6.09 Å². The van der Waals surface area contributed by atoms with Crippen molar-refractivity contribution in [2.45, 2.75) is 18.6 Å². The number of aliphatic hydroxyl groups is 1. The average Bonchev–Trinajstić information content (AvgIpc) is 2.59. The normalized spacial score (nSPS) is 12.6. The van der Waals surface area contributed by atoms with Crippen LogP contribution < -0.4 is 10.1 Å². The summed E-state index contributed by atoms with van der Waals surface area (Å²) in [7, 11) is 0. The summed E-state index contributed by atoms with van der Waals surface area (Å²) >= 11 is 0. The third-order valence-corrected chi connectivity index (χ3v) is 3.43. The van der Waals surface area contributed by atoms with Gasteiger partial charge in [-0.15, -0.1) is 0 Å². The predicted molar refractivity (Wildman–Crippen MR) is 89.5 cm³/mol. The van der Waals surface area contributed by atoms with Crippen LogP contribution in [0.5, 0.6) is 5.75 Å². The molecule has 0 heterocycles. The summed E-state index contributed by atoms with van der Waals surface area (Å²) in [4.78, 5) is 14.6. The van der Waals surface area contributed by atoms with Gasteiger partial charge in [0, 0.05) is 11.0 Å².